The predicted molar refractivity (Wildman–Crippen MR) is 100 cm³/mol. The van der Waals surface area contributed by atoms with Gasteiger partial charge in [-0.15, -0.1) is 0 Å². The first kappa shape index (κ1) is 19.2. The molecule has 144 valence electrons. The molecule has 1 unspecified atom stereocenters. The summed E-state index contributed by atoms with van der Waals surface area (Å²) in [5.74, 6) is -1.08. The average Bonchev–Trinajstić information content (AvgIpc) is 2.61. The molecular formula is C16H16Cl2N4O5. The lowest BCUT2D eigenvalue weighted by molar-refractivity contribution is -0.150. The number of benzene rings is 1. The van der Waals surface area contributed by atoms with Crippen molar-refractivity contribution < 1.29 is 14.3 Å². The highest BCUT2D eigenvalue weighted by atomic mass is 35.5. The lowest BCUT2D eigenvalue weighted by Crippen LogP contribution is -2.51. The van der Waals surface area contributed by atoms with Gasteiger partial charge in [0.15, 0.2) is 0 Å². The molecule has 0 radical (unpaired) electrons. The smallest absolute Gasteiger partial charge is 0.325 e. The fraction of sp³-hybridized carbons (Fsp3) is 0.375. The second kappa shape index (κ2) is 7.24. The molecule has 2 aromatic rings. The van der Waals surface area contributed by atoms with E-state index in [1.807, 2.05) is 0 Å². The van der Waals surface area contributed by atoms with Crippen molar-refractivity contribution >= 4 is 51.8 Å². The van der Waals surface area contributed by atoms with E-state index in [1.54, 1.807) is 6.92 Å². The van der Waals surface area contributed by atoms with Crippen molar-refractivity contribution in [3.8, 4) is 0 Å². The van der Waals surface area contributed by atoms with Crippen molar-refractivity contribution in [1.82, 2.24) is 14.5 Å². The van der Waals surface area contributed by atoms with E-state index in [9.17, 15) is 19.2 Å². The number of amides is 1. The SMILES string of the molecule is CCOC(=O)CN(C(C)=O)C1CNc2c(Cl)c(Cl)cc3[nH]c(=O)c(=O)n1c23. The number of aromatic amines is 1. The van der Waals surface area contributed by atoms with Crippen LogP contribution in [0.25, 0.3) is 11.0 Å². The van der Waals surface area contributed by atoms with Gasteiger partial charge in [-0.05, 0) is 13.0 Å². The van der Waals surface area contributed by atoms with Gasteiger partial charge in [0.25, 0.3) is 0 Å². The van der Waals surface area contributed by atoms with E-state index >= 15 is 0 Å². The summed E-state index contributed by atoms with van der Waals surface area (Å²) in [5, 5.41) is 3.41. The zero-order valence-corrected chi connectivity index (χ0v) is 16.0. The highest BCUT2D eigenvalue weighted by Crippen LogP contribution is 2.39. The van der Waals surface area contributed by atoms with Crippen LogP contribution in [0.1, 0.15) is 20.0 Å². The van der Waals surface area contributed by atoms with Crippen LogP contribution in [0, 0.1) is 0 Å². The summed E-state index contributed by atoms with van der Waals surface area (Å²) in [6, 6.07) is 1.42. The third-order valence-electron chi connectivity index (χ3n) is 4.22. The van der Waals surface area contributed by atoms with Crippen LogP contribution < -0.4 is 16.4 Å². The van der Waals surface area contributed by atoms with Gasteiger partial charge in [0.05, 0.1) is 39.9 Å². The molecule has 11 heteroatoms. The number of nitrogens with zero attached hydrogens (tertiary/aromatic N) is 2. The molecule has 1 aliphatic rings. The van der Waals surface area contributed by atoms with E-state index in [4.69, 9.17) is 27.9 Å². The molecule has 2 heterocycles. The van der Waals surface area contributed by atoms with Gasteiger partial charge in [0.1, 0.15) is 12.7 Å². The first-order chi connectivity index (χ1) is 12.8. The van der Waals surface area contributed by atoms with Crippen LogP contribution in [-0.4, -0.2) is 46.0 Å². The average molecular weight is 415 g/mol. The van der Waals surface area contributed by atoms with E-state index in [1.165, 1.54) is 13.0 Å². The third-order valence-corrected chi connectivity index (χ3v) is 5.01. The van der Waals surface area contributed by atoms with Crippen LogP contribution in [0.15, 0.2) is 15.7 Å². The molecule has 1 aliphatic heterocycles. The van der Waals surface area contributed by atoms with Crippen molar-refractivity contribution in [2.24, 2.45) is 0 Å². The minimum atomic E-state index is -0.922. The summed E-state index contributed by atoms with van der Waals surface area (Å²) in [6.07, 6.45) is -0.922. The second-order valence-electron chi connectivity index (χ2n) is 5.89. The number of halogens is 2. The van der Waals surface area contributed by atoms with Gasteiger partial charge < -0.3 is 19.9 Å². The number of anilines is 1. The number of hydrogen-bond acceptors (Lipinski definition) is 6. The lowest BCUT2D eigenvalue weighted by atomic mass is 10.1. The number of esters is 1. The molecule has 1 amide bonds. The van der Waals surface area contributed by atoms with Gasteiger partial charge in [-0.25, -0.2) is 0 Å². The maximum Gasteiger partial charge on any atom is 0.325 e. The van der Waals surface area contributed by atoms with Gasteiger partial charge in [-0.1, -0.05) is 23.2 Å². The van der Waals surface area contributed by atoms with Crippen LogP contribution in [-0.2, 0) is 14.3 Å². The van der Waals surface area contributed by atoms with Crippen LogP contribution >= 0.6 is 23.2 Å². The fourth-order valence-corrected chi connectivity index (χ4v) is 3.52. The standard InChI is InChI=1S/C16H16Cl2N4O5/c1-3-27-11(24)6-21(7(2)23)10-5-19-13-12(18)8(17)4-9-14(13)22(10)16(26)15(25)20-9/h4,10,19H,3,5-6H2,1-2H3,(H,20,25). The molecule has 27 heavy (non-hydrogen) atoms. The summed E-state index contributed by atoms with van der Waals surface area (Å²) < 4.78 is 6.05. The minimum absolute atomic E-state index is 0.0461. The molecule has 2 N–H and O–H groups in total. The molecule has 0 saturated carbocycles. The summed E-state index contributed by atoms with van der Waals surface area (Å²) in [6.45, 7) is 2.74. The Labute approximate surface area is 162 Å². The number of hydrogen-bond donors (Lipinski definition) is 2. The number of carbonyl (C=O) groups is 2. The molecule has 0 bridgehead atoms. The van der Waals surface area contributed by atoms with Gasteiger partial charge in [0.2, 0.25) is 5.91 Å². The summed E-state index contributed by atoms with van der Waals surface area (Å²) in [5.41, 5.74) is -0.813. The lowest BCUT2D eigenvalue weighted by Gasteiger charge is -2.36. The number of ether oxygens (including phenoxy) is 1. The maximum absolute atomic E-state index is 12.6. The van der Waals surface area contributed by atoms with Gasteiger partial charge in [-0.3, -0.25) is 23.7 Å². The Balaban J connectivity index is 2.24. The van der Waals surface area contributed by atoms with Gasteiger partial charge in [0, 0.05) is 6.92 Å². The molecule has 1 atom stereocenters. The first-order valence-corrected chi connectivity index (χ1v) is 8.85. The van der Waals surface area contributed by atoms with Crippen molar-refractivity contribution in [3.05, 3.63) is 36.8 Å². The Morgan fingerprint density at radius 2 is 2.07 bits per heavy atom. The van der Waals surface area contributed by atoms with Crippen molar-refractivity contribution in [3.63, 3.8) is 0 Å². The van der Waals surface area contributed by atoms with Crippen LogP contribution in [0.3, 0.4) is 0 Å². The topological polar surface area (TPSA) is 114 Å². The molecule has 0 saturated heterocycles. The van der Waals surface area contributed by atoms with Crippen molar-refractivity contribution in [1.29, 1.82) is 0 Å². The first-order valence-electron chi connectivity index (χ1n) is 8.09. The largest absolute Gasteiger partial charge is 0.465 e. The second-order valence-corrected chi connectivity index (χ2v) is 6.67. The van der Waals surface area contributed by atoms with Crippen molar-refractivity contribution in [2.75, 3.05) is 25.0 Å². The molecule has 3 rings (SSSR count). The molecule has 9 nitrogen and oxygen atoms in total. The van der Waals surface area contributed by atoms with E-state index in [0.717, 1.165) is 9.47 Å². The molecule has 0 fully saturated rings. The zero-order valence-electron chi connectivity index (χ0n) is 14.5. The van der Waals surface area contributed by atoms with E-state index < -0.39 is 29.2 Å². The quantitative estimate of drug-likeness (QED) is 0.576. The minimum Gasteiger partial charge on any atom is -0.465 e. The summed E-state index contributed by atoms with van der Waals surface area (Å²) in [4.78, 5) is 52.4. The maximum atomic E-state index is 12.6. The molecule has 0 spiro atoms. The molecular weight excluding hydrogens is 399 g/mol. The third kappa shape index (κ3) is 3.28. The Hall–Kier alpha value is -2.52. The predicted octanol–water partition coefficient (Wildman–Crippen LogP) is 1.33. The van der Waals surface area contributed by atoms with E-state index in [2.05, 4.69) is 10.3 Å². The highest BCUT2D eigenvalue weighted by molar-refractivity contribution is 6.45. The monoisotopic (exact) mass is 414 g/mol. The summed E-state index contributed by atoms with van der Waals surface area (Å²) in [7, 11) is 0. The Morgan fingerprint density at radius 1 is 1.37 bits per heavy atom. The Bertz CT molecular complexity index is 1060. The number of aromatic nitrogens is 2. The highest BCUT2D eigenvalue weighted by Gasteiger charge is 2.33. The number of carbonyl (C=O) groups excluding carboxylic acids is 2. The molecule has 1 aromatic heterocycles. The van der Waals surface area contributed by atoms with Crippen LogP contribution in [0.4, 0.5) is 5.69 Å². The fourth-order valence-electron chi connectivity index (χ4n) is 3.10. The zero-order chi connectivity index (χ0) is 19.9. The molecule has 0 aliphatic carbocycles. The van der Waals surface area contributed by atoms with E-state index in [0.29, 0.717) is 11.2 Å². The van der Waals surface area contributed by atoms with Crippen LogP contribution in [0.5, 0.6) is 0 Å². The number of rotatable bonds is 4. The molecule has 1 aromatic carbocycles. The summed E-state index contributed by atoms with van der Waals surface area (Å²) >= 11 is 12.3. The Morgan fingerprint density at radius 3 is 2.70 bits per heavy atom. The van der Waals surface area contributed by atoms with Gasteiger partial charge in [-0.2, -0.15) is 0 Å². The normalized spacial score (nSPS) is 15.3. The van der Waals surface area contributed by atoms with Crippen molar-refractivity contribution in [2.45, 2.75) is 20.0 Å². The van der Waals surface area contributed by atoms with Crippen LogP contribution in [0.2, 0.25) is 10.0 Å². The number of H-pyrrole nitrogens is 1. The van der Waals surface area contributed by atoms with E-state index in [-0.39, 0.29) is 35.3 Å². The Kier molecular flexibility index (Phi) is 5.16. The number of nitrogens with one attached hydrogen (secondary N) is 2. The van der Waals surface area contributed by atoms with Gasteiger partial charge >= 0.3 is 17.1 Å².